The third-order valence-corrected chi connectivity index (χ3v) is 11.0. The van der Waals surface area contributed by atoms with Crippen molar-refractivity contribution in [2.24, 2.45) is 5.92 Å². The van der Waals surface area contributed by atoms with Crippen molar-refractivity contribution >= 4 is 44.8 Å². The van der Waals surface area contributed by atoms with E-state index in [1.54, 1.807) is 24.3 Å². The second-order valence-corrected chi connectivity index (χ2v) is 14.1. The molecule has 3 atom stereocenters. The predicted octanol–water partition coefficient (Wildman–Crippen LogP) is 5.93. The monoisotopic (exact) mass is 601 g/mol. The van der Waals surface area contributed by atoms with E-state index in [4.69, 9.17) is 32.5 Å². The predicted molar refractivity (Wildman–Crippen MR) is 152 cm³/mol. The molecule has 1 aromatic heterocycles. The third kappa shape index (κ3) is 4.91. The number of nitrogens with one attached hydrogen (secondary N) is 1. The van der Waals surface area contributed by atoms with Crippen LogP contribution in [0.2, 0.25) is 10.0 Å². The van der Waals surface area contributed by atoms with Crippen LogP contribution in [0.4, 0.5) is 5.69 Å². The Kier molecular flexibility index (Phi) is 6.61. The molecule has 3 saturated carbocycles. The molecule has 0 unspecified atom stereocenters. The maximum Gasteiger partial charge on any atom is 0.264 e. The minimum atomic E-state index is -3.57. The lowest BCUT2D eigenvalue weighted by molar-refractivity contribution is 0.0122. The highest BCUT2D eigenvalue weighted by Gasteiger charge is 2.46. The molecule has 2 bridgehead atoms. The van der Waals surface area contributed by atoms with E-state index < -0.39 is 21.2 Å². The summed E-state index contributed by atoms with van der Waals surface area (Å²) in [6.07, 6.45) is 5.45. The van der Waals surface area contributed by atoms with Gasteiger partial charge in [0.05, 0.1) is 28.0 Å². The molecule has 7 rings (SSSR count). The summed E-state index contributed by atoms with van der Waals surface area (Å²) in [6, 6.07) is 12.9. The van der Waals surface area contributed by atoms with Gasteiger partial charge >= 0.3 is 0 Å². The van der Waals surface area contributed by atoms with Crippen LogP contribution in [0.15, 0.2) is 47.0 Å². The van der Waals surface area contributed by atoms with Crippen LogP contribution in [-0.4, -0.2) is 43.4 Å². The number of carbonyl (C=O) groups is 1. The van der Waals surface area contributed by atoms with E-state index in [1.165, 1.54) is 0 Å². The highest BCUT2D eigenvalue weighted by Crippen LogP contribution is 2.47. The number of fused-ring (bicyclic) bond motifs is 2. The molecule has 3 aromatic rings. The molecule has 2 aromatic carbocycles. The molecule has 4 fully saturated rings. The van der Waals surface area contributed by atoms with Crippen molar-refractivity contribution in [3.05, 3.63) is 69.4 Å². The van der Waals surface area contributed by atoms with Gasteiger partial charge in [-0.2, -0.15) is 0 Å². The Morgan fingerprint density at radius 3 is 2.40 bits per heavy atom. The zero-order chi connectivity index (χ0) is 27.6. The van der Waals surface area contributed by atoms with Crippen LogP contribution >= 0.6 is 23.2 Å². The lowest BCUT2D eigenvalue weighted by Gasteiger charge is -2.33. The summed E-state index contributed by atoms with van der Waals surface area (Å²) >= 11 is 13.0. The first-order valence-corrected chi connectivity index (χ1v) is 16.1. The van der Waals surface area contributed by atoms with Crippen LogP contribution in [0.3, 0.4) is 0 Å². The average Bonchev–Trinajstić information content (AvgIpc) is 3.86. The lowest BCUT2D eigenvalue weighted by Crippen LogP contribution is -2.38. The standard InChI is InChI=1S/C29H29Cl2N3O5S/c30-23-2-1-3-24(31)26(23)27-22(28(39-32-27)16-4-5-16)15-38-25-13-20-12-18(25)14-34(20)19-8-6-17(7-9-19)29(35)33-40(36,37)21-10-11-21/h1-3,6-9,16,18,20-21,25H,4-5,10-15H2,(H,33,35)/t18-,20-,25-/m0/s1. The number of aromatic nitrogens is 1. The first-order chi connectivity index (χ1) is 19.3. The first-order valence-electron chi connectivity index (χ1n) is 13.8. The van der Waals surface area contributed by atoms with Gasteiger partial charge in [-0.3, -0.25) is 4.79 Å². The van der Waals surface area contributed by atoms with Gasteiger partial charge in [-0.05, 0) is 74.9 Å². The number of piperidine rings is 1. The molecule has 1 amide bonds. The van der Waals surface area contributed by atoms with Crippen molar-refractivity contribution in [2.45, 2.75) is 68.4 Å². The normalized spacial score (nSPS) is 24.1. The van der Waals surface area contributed by atoms with Gasteiger partial charge in [0, 0.05) is 46.8 Å². The molecule has 210 valence electrons. The quantitative estimate of drug-likeness (QED) is 0.324. The van der Waals surface area contributed by atoms with E-state index in [0.717, 1.165) is 49.2 Å². The van der Waals surface area contributed by atoms with Crippen molar-refractivity contribution in [3.63, 3.8) is 0 Å². The summed E-state index contributed by atoms with van der Waals surface area (Å²) < 4.78 is 38.7. The number of carbonyl (C=O) groups excluding carboxylic acids is 1. The lowest BCUT2D eigenvalue weighted by atomic mass is 10.0. The topological polar surface area (TPSA) is 102 Å². The fraction of sp³-hybridized carbons (Fsp3) is 0.448. The van der Waals surface area contributed by atoms with Crippen molar-refractivity contribution < 1.29 is 22.5 Å². The molecule has 0 radical (unpaired) electrons. The molecular weight excluding hydrogens is 573 g/mol. The van der Waals surface area contributed by atoms with Crippen LogP contribution in [0.5, 0.6) is 0 Å². The van der Waals surface area contributed by atoms with Gasteiger partial charge in [-0.25, -0.2) is 13.1 Å². The summed E-state index contributed by atoms with van der Waals surface area (Å²) in [7, 11) is -3.57. The smallest absolute Gasteiger partial charge is 0.264 e. The summed E-state index contributed by atoms with van der Waals surface area (Å²) in [5.74, 6) is 1.06. The highest BCUT2D eigenvalue weighted by molar-refractivity contribution is 7.91. The van der Waals surface area contributed by atoms with Crippen molar-refractivity contribution in [1.82, 2.24) is 9.88 Å². The number of anilines is 1. The van der Waals surface area contributed by atoms with Crippen LogP contribution in [0.1, 0.15) is 66.1 Å². The Labute approximate surface area is 243 Å². The second-order valence-electron chi connectivity index (χ2n) is 11.4. The molecule has 40 heavy (non-hydrogen) atoms. The van der Waals surface area contributed by atoms with Gasteiger partial charge in [0.1, 0.15) is 11.5 Å². The van der Waals surface area contributed by atoms with Gasteiger partial charge < -0.3 is 14.2 Å². The Bertz CT molecular complexity index is 1550. The molecule has 3 aliphatic carbocycles. The molecule has 1 aliphatic heterocycles. The first kappa shape index (κ1) is 26.3. The maximum atomic E-state index is 12.4. The van der Waals surface area contributed by atoms with Crippen molar-refractivity contribution in [2.75, 3.05) is 11.4 Å². The number of rotatable bonds is 9. The molecule has 8 nitrogen and oxygen atoms in total. The van der Waals surface area contributed by atoms with Crippen LogP contribution < -0.4 is 9.62 Å². The fourth-order valence-electron chi connectivity index (χ4n) is 6.12. The van der Waals surface area contributed by atoms with Gasteiger partial charge in [-0.15, -0.1) is 0 Å². The molecule has 0 spiro atoms. The van der Waals surface area contributed by atoms with E-state index in [-0.39, 0.29) is 6.10 Å². The van der Waals surface area contributed by atoms with Crippen LogP contribution in [-0.2, 0) is 21.4 Å². The molecule has 11 heteroatoms. The van der Waals surface area contributed by atoms with E-state index in [0.29, 0.717) is 64.2 Å². The third-order valence-electron chi connectivity index (χ3n) is 8.54. The highest BCUT2D eigenvalue weighted by atomic mass is 35.5. The average molecular weight is 603 g/mol. The van der Waals surface area contributed by atoms with Crippen LogP contribution in [0, 0.1) is 5.92 Å². The summed E-state index contributed by atoms with van der Waals surface area (Å²) in [5, 5.41) is 5.01. The van der Waals surface area contributed by atoms with Crippen molar-refractivity contribution in [1.29, 1.82) is 0 Å². The zero-order valence-corrected chi connectivity index (χ0v) is 24.0. The Morgan fingerprint density at radius 1 is 1.05 bits per heavy atom. The molecule has 1 N–H and O–H groups in total. The Balaban J connectivity index is 1.01. The van der Waals surface area contributed by atoms with Gasteiger partial charge in [0.15, 0.2) is 0 Å². The summed E-state index contributed by atoms with van der Waals surface area (Å²) in [6.45, 7) is 1.26. The largest absolute Gasteiger partial charge is 0.373 e. The molecule has 2 heterocycles. The summed E-state index contributed by atoms with van der Waals surface area (Å²) in [4.78, 5) is 14.8. The number of sulfonamides is 1. The number of amides is 1. The fourth-order valence-corrected chi connectivity index (χ4v) is 8.00. The maximum absolute atomic E-state index is 12.4. The number of hydrogen-bond donors (Lipinski definition) is 1. The number of halogens is 2. The summed E-state index contributed by atoms with van der Waals surface area (Å²) in [5.41, 5.74) is 3.65. The van der Waals surface area contributed by atoms with E-state index >= 15 is 0 Å². The minimum Gasteiger partial charge on any atom is -0.373 e. The van der Waals surface area contributed by atoms with Gasteiger partial charge in [0.2, 0.25) is 10.0 Å². The Hall–Kier alpha value is -2.59. The van der Waals surface area contributed by atoms with E-state index in [2.05, 4.69) is 14.8 Å². The number of hydrogen-bond acceptors (Lipinski definition) is 7. The number of ether oxygens (including phenoxy) is 1. The van der Waals surface area contributed by atoms with E-state index in [1.807, 2.05) is 18.2 Å². The van der Waals surface area contributed by atoms with Gasteiger partial charge in [0.25, 0.3) is 5.91 Å². The molecular formula is C29H29Cl2N3O5S. The van der Waals surface area contributed by atoms with E-state index in [9.17, 15) is 13.2 Å². The molecule has 4 aliphatic rings. The SMILES string of the molecule is O=C(NS(=O)(=O)C1CC1)c1ccc(N2C[C@@H]3C[C@H]2C[C@@H]3OCc2c(-c3c(Cl)cccc3Cl)noc2C2CC2)cc1. The van der Waals surface area contributed by atoms with Gasteiger partial charge in [-0.1, -0.05) is 34.4 Å². The van der Waals surface area contributed by atoms with Crippen molar-refractivity contribution in [3.8, 4) is 11.3 Å². The molecule has 1 saturated heterocycles. The second kappa shape index (κ2) is 10.0. The minimum absolute atomic E-state index is 0.121. The van der Waals surface area contributed by atoms with Crippen LogP contribution in [0.25, 0.3) is 11.3 Å². The zero-order valence-electron chi connectivity index (χ0n) is 21.7. The number of nitrogens with zero attached hydrogens (tertiary/aromatic N) is 2. The number of benzene rings is 2. The Morgan fingerprint density at radius 2 is 1.77 bits per heavy atom.